The van der Waals surface area contributed by atoms with Gasteiger partial charge in [0.15, 0.2) is 12.0 Å². The van der Waals surface area contributed by atoms with Crippen molar-refractivity contribution in [3.8, 4) is 28.3 Å². The topological polar surface area (TPSA) is 81.5 Å². The van der Waals surface area contributed by atoms with Crippen LogP contribution in [0.4, 0.5) is 0 Å². The predicted molar refractivity (Wildman–Crippen MR) is 134 cm³/mol. The number of benzene rings is 2. The Balaban J connectivity index is 2.00. The molecule has 0 saturated heterocycles. The molecule has 33 heavy (non-hydrogen) atoms. The van der Waals surface area contributed by atoms with E-state index in [4.69, 9.17) is 9.26 Å². The Morgan fingerprint density at radius 2 is 1.58 bits per heavy atom. The van der Waals surface area contributed by atoms with Crippen LogP contribution in [0.3, 0.4) is 0 Å². The van der Waals surface area contributed by atoms with Gasteiger partial charge in [0.05, 0.1) is 30.2 Å². The largest absolute Gasteiger partial charge is 0.479 e. The molecule has 6 nitrogen and oxygen atoms in total. The third-order valence-corrected chi connectivity index (χ3v) is 7.57. The molecule has 1 aromatic heterocycles. The third-order valence-electron chi connectivity index (χ3n) is 6.20. The quantitative estimate of drug-likeness (QED) is 0.370. The van der Waals surface area contributed by atoms with Crippen molar-refractivity contribution >= 4 is 20.4 Å². The normalized spacial score (nSPS) is 12.4. The van der Waals surface area contributed by atoms with Gasteiger partial charge in [0, 0.05) is 19.7 Å². The first kappa shape index (κ1) is 25.0. The first-order chi connectivity index (χ1) is 15.5. The highest BCUT2D eigenvalue weighted by Gasteiger charge is 2.36. The average Bonchev–Trinajstić information content (AvgIpc) is 2.77. The molecule has 0 aliphatic heterocycles. The van der Waals surface area contributed by atoms with Crippen molar-refractivity contribution in [3.63, 3.8) is 0 Å². The summed E-state index contributed by atoms with van der Waals surface area (Å²) in [5.41, 5.74) is 4.45. The summed E-state index contributed by atoms with van der Waals surface area (Å²) in [7, 11) is 1.57. The molecule has 1 heterocycles. The summed E-state index contributed by atoms with van der Waals surface area (Å²) in [6.07, 6.45) is 2.23. The van der Waals surface area contributed by atoms with Gasteiger partial charge in [-0.2, -0.15) is 0 Å². The van der Waals surface area contributed by atoms with Crippen molar-refractivity contribution in [1.29, 1.82) is 0 Å². The first-order valence-corrected chi connectivity index (χ1v) is 11.6. The molecule has 0 aliphatic carbocycles. The second-order valence-electron chi connectivity index (χ2n) is 9.00. The standard InChI is InChI=1S/C26H31N2O4P/c1-16-18(10-8-12-20(16)21-14-27-22(15-29)24(28-21)31-7)19-11-9-13-23(17(19)2)33-32-26(5,6)25(3,4)30/h8-15,30,33H,1-7H3. The van der Waals surface area contributed by atoms with Gasteiger partial charge < -0.3 is 14.4 Å². The summed E-state index contributed by atoms with van der Waals surface area (Å²) in [6, 6.07) is 12.2. The highest BCUT2D eigenvalue weighted by atomic mass is 31.1. The summed E-state index contributed by atoms with van der Waals surface area (Å²) in [4.78, 5) is 19.9. The van der Waals surface area contributed by atoms with Gasteiger partial charge >= 0.3 is 0 Å². The maximum atomic E-state index is 11.2. The van der Waals surface area contributed by atoms with Gasteiger partial charge in [-0.25, -0.2) is 9.97 Å². The SMILES string of the molecule is COc1nc(-c2cccc(-c3cccc(POC(C)(C)C(C)(C)O)c3C)c2C)cnc1C=O. The summed E-state index contributed by atoms with van der Waals surface area (Å²) in [5, 5.41) is 11.5. The van der Waals surface area contributed by atoms with Crippen LogP contribution >= 0.6 is 8.81 Å². The van der Waals surface area contributed by atoms with Gasteiger partial charge in [0.2, 0.25) is 5.88 Å². The average molecular weight is 467 g/mol. The van der Waals surface area contributed by atoms with E-state index >= 15 is 0 Å². The zero-order valence-electron chi connectivity index (χ0n) is 20.2. The lowest BCUT2D eigenvalue weighted by molar-refractivity contribution is -0.0833. The summed E-state index contributed by atoms with van der Waals surface area (Å²) in [6.45, 7) is 11.5. The van der Waals surface area contributed by atoms with Crippen LogP contribution in [0.15, 0.2) is 42.6 Å². The highest BCUT2D eigenvalue weighted by Crippen LogP contribution is 2.36. The molecular weight excluding hydrogens is 435 g/mol. The van der Waals surface area contributed by atoms with E-state index in [9.17, 15) is 9.90 Å². The monoisotopic (exact) mass is 466 g/mol. The van der Waals surface area contributed by atoms with Gasteiger partial charge in [-0.05, 0) is 63.8 Å². The maximum Gasteiger partial charge on any atom is 0.243 e. The maximum absolute atomic E-state index is 11.2. The van der Waals surface area contributed by atoms with Crippen molar-refractivity contribution in [1.82, 2.24) is 9.97 Å². The lowest BCUT2D eigenvalue weighted by Crippen LogP contribution is -2.45. The number of carbonyl (C=O) groups is 1. The van der Waals surface area contributed by atoms with Crippen LogP contribution in [0.5, 0.6) is 5.88 Å². The molecule has 1 atom stereocenters. The number of carbonyl (C=O) groups excluding carboxylic acids is 1. The van der Waals surface area contributed by atoms with Gasteiger partial charge in [0.25, 0.3) is 0 Å². The van der Waals surface area contributed by atoms with E-state index in [-0.39, 0.29) is 20.4 Å². The molecule has 1 unspecified atom stereocenters. The Kier molecular flexibility index (Phi) is 7.32. The number of aldehydes is 1. The van der Waals surface area contributed by atoms with E-state index in [1.807, 2.05) is 32.0 Å². The Hall–Kier alpha value is -2.66. The van der Waals surface area contributed by atoms with Crippen LogP contribution in [0.1, 0.15) is 49.3 Å². The predicted octanol–water partition coefficient (Wildman–Crippen LogP) is 5.03. The summed E-state index contributed by atoms with van der Waals surface area (Å²) < 4.78 is 11.4. The van der Waals surface area contributed by atoms with Crippen LogP contribution in [0, 0.1) is 13.8 Å². The van der Waals surface area contributed by atoms with Crippen LogP contribution in [-0.4, -0.2) is 39.7 Å². The number of aliphatic hydroxyl groups is 1. The molecule has 174 valence electrons. The molecule has 7 heteroatoms. The first-order valence-electron chi connectivity index (χ1n) is 10.7. The van der Waals surface area contributed by atoms with E-state index < -0.39 is 11.2 Å². The minimum atomic E-state index is -0.960. The molecule has 0 saturated carbocycles. The fourth-order valence-electron chi connectivity index (χ4n) is 3.29. The number of hydrogen-bond acceptors (Lipinski definition) is 6. The van der Waals surface area contributed by atoms with Crippen LogP contribution in [-0.2, 0) is 4.52 Å². The van der Waals surface area contributed by atoms with Crippen molar-refractivity contribution in [3.05, 3.63) is 59.4 Å². The molecule has 1 N–H and O–H groups in total. The molecule has 2 aromatic carbocycles. The van der Waals surface area contributed by atoms with Crippen LogP contribution in [0.2, 0.25) is 0 Å². The zero-order chi connectivity index (χ0) is 24.4. The van der Waals surface area contributed by atoms with E-state index in [1.54, 1.807) is 20.0 Å². The van der Waals surface area contributed by atoms with Crippen LogP contribution in [0.25, 0.3) is 22.4 Å². The van der Waals surface area contributed by atoms with Gasteiger partial charge in [-0.3, -0.25) is 4.79 Å². The lowest BCUT2D eigenvalue weighted by atomic mass is 9.90. The smallest absolute Gasteiger partial charge is 0.243 e. The Morgan fingerprint density at radius 3 is 2.18 bits per heavy atom. The molecule has 0 aliphatic rings. The molecule has 0 radical (unpaired) electrons. The molecular formula is C26H31N2O4P. The minimum Gasteiger partial charge on any atom is -0.479 e. The fourth-order valence-corrected chi connectivity index (χ4v) is 4.36. The number of hydrogen-bond donors (Lipinski definition) is 1. The number of rotatable bonds is 8. The Labute approximate surface area is 197 Å². The van der Waals surface area contributed by atoms with Crippen molar-refractivity contribution < 1.29 is 19.2 Å². The van der Waals surface area contributed by atoms with Crippen molar-refractivity contribution in [2.75, 3.05) is 7.11 Å². The second-order valence-corrected chi connectivity index (χ2v) is 9.94. The second kappa shape index (κ2) is 9.68. The Bertz CT molecular complexity index is 1170. The molecule has 0 fully saturated rings. The minimum absolute atomic E-state index is 0.101. The van der Waals surface area contributed by atoms with Gasteiger partial charge in [-0.15, -0.1) is 0 Å². The van der Waals surface area contributed by atoms with E-state index in [2.05, 4.69) is 42.0 Å². The molecule has 3 rings (SSSR count). The van der Waals surface area contributed by atoms with Crippen LogP contribution < -0.4 is 10.0 Å². The highest BCUT2D eigenvalue weighted by molar-refractivity contribution is 7.42. The zero-order valence-corrected chi connectivity index (χ0v) is 21.2. The van der Waals surface area contributed by atoms with Crippen molar-refractivity contribution in [2.24, 2.45) is 0 Å². The van der Waals surface area contributed by atoms with Crippen molar-refractivity contribution in [2.45, 2.75) is 52.7 Å². The third kappa shape index (κ3) is 5.14. The number of ether oxygens (including phenoxy) is 1. The number of methoxy groups -OCH3 is 1. The lowest BCUT2D eigenvalue weighted by Gasteiger charge is -2.37. The summed E-state index contributed by atoms with van der Waals surface area (Å²) >= 11 is 0. The number of aromatic nitrogens is 2. The van der Waals surface area contributed by atoms with E-state index in [0.29, 0.717) is 12.0 Å². The number of nitrogens with zero attached hydrogens (tertiary/aromatic N) is 2. The van der Waals surface area contributed by atoms with E-state index in [0.717, 1.165) is 33.1 Å². The van der Waals surface area contributed by atoms with E-state index in [1.165, 1.54) is 7.11 Å². The molecule has 0 spiro atoms. The van der Waals surface area contributed by atoms with Gasteiger partial charge in [0.1, 0.15) is 0 Å². The molecule has 0 bridgehead atoms. The van der Waals surface area contributed by atoms with Gasteiger partial charge in [-0.1, -0.05) is 36.4 Å². The Morgan fingerprint density at radius 1 is 0.970 bits per heavy atom. The molecule has 0 amide bonds. The molecule has 3 aromatic rings. The fraction of sp³-hybridized carbons (Fsp3) is 0.346. The summed E-state index contributed by atoms with van der Waals surface area (Å²) in [5.74, 6) is 0.207.